The maximum atomic E-state index is 11.2. The largest absolute Gasteiger partial charge is 0.466 e. The fraction of sp³-hybridized carbons (Fsp3) is 0.875. The molecule has 0 aliphatic heterocycles. The van der Waals surface area contributed by atoms with Gasteiger partial charge in [-0.15, -0.1) is 0 Å². The second-order valence-corrected chi connectivity index (χ2v) is 4.77. The van der Waals surface area contributed by atoms with Crippen LogP contribution in [0.4, 0.5) is 0 Å². The second kappa shape index (κ2) is 7.61. The summed E-state index contributed by atoms with van der Waals surface area (Å²) >= 11 is 0. The van der Waals surface area contributed by atoms with Crippen molar-refractivity contribution in [1.82, 2.24) is 4.72 Å². The maximum Gasteiger partial charge on any atom is 0.306 e. The van der Waals surface area contributed by atoms with E-state index in [1.807, 2.05) is 0 Å². The molecule has 0 spiro atoms. The number of esters is 1. The average molecular weight is 239 g/mol. The molecule has 0 aliphatic rings. The zero-order valence-electron chi connectivity index (χ0n) is 8.73. The van der Waals surface area contributed by atoms with Crippen LogP contribution in [0, 0.1) is 0 Å². The van der Waals surface area contributed by atoms with Crippen molar-refractivity contribution in [1.29, 1.82) is 0 Å². The van der Waals surface area contributed by atoms with Crippen molar-refractivity contribution < 1.29 is 23.1 Å². The molecule has 15 heavy (non-hydrogen) atoms. The van der Waals surface area contributed by atoms with Crippen molar-refractivity contribution in [2.24, 2.45) is 0 Å². The van der Waals surface area contributed by atoms with Crippen LogP contribution in [0.5, 0.6) is 0 Å². The van der Waals surface area contributed by atoms with Crippen LogP contribution in [0.2, 0.25) is 0 Å². The summed E-state index contributed by atoms with van der Waals surface area (Å²) in [6.45, 7) is 2.02. The van der Waals surface area contributed by atoms with Gasteiger partial charge in [-0.1, -0.05) is 0 Å². The molecule has 0 aromatic carbocycles. The molecule has 0 bridgehead atoms. The van der Waals surface area contributed by atoms with Crippen molar-refractivity contribution in [3.8, 4) is 0 Å². The molecule has 0 radical (unpaired) electrons. The first-order valence-corrected chi connectivity index (χ1v) is 6.41. The quantitative estimate of drug-likeness (QED) is 0.429. The summed E-state index contributed by atoms with van der Waals surface area (Å²) in [5.41, 5.74) is 0. The van der Waals surface area contributed by atoms with Crippen LogP contribution in [0.3, 0.4) is 0 Å². The molecule has 7 heteroatoms. The highest BCUT2D eigenvalue weighted by Gasteiger charge is 2.12. The fourth-order valence-corrected chi connectivity index (χ4v) is 1.86. The van der Waals surface area contributed by atoms with Crippen molar-refractivity contribution in [2.45, 2.75) is 19.8 Å². The van der Waals surface area contributed by atoms with Crippen LogP contribution in [0.1, 0.15) is 19.8 Å². The van der Waals surface area contributed by atoms with Crippen molar-refractivity contribution in [3.63, 3.8) is 0 Å². The number of sulfonamides is 1. The van der Waals surface area contributed by atoms with E-state index in [1.165, 1.54) is 0 Å². The Morgan fingerprint density at radius 3 is 2.67 bits per heavy atom. The predicted molar refractivity (Wildman–Crippen MR) is 54.7 cm³/mol. The zero-order valence-corrected chi connectivity index (χ0v) is 9.55. The number of aliphatic hydroxyl groups is 1. The molecule has 0 saturated heterocycles. The number of ether oxygens (including phenoxy) is 1. The van der Waals surface area contributed by atoms with E-state index in [9.17, 15) is 13.2 Å². The lowest BCUT2D eigenvalue weighted by molar-refractivity contribution is -0.142. The Hall–Kier alpha value is -0.660. The van der Waals surface area contributed by atoms with Crippen molar-refractivity contribution in [2.75, 3.05) is 25.5 Å². The van der Waals surface area contributed by atoms with E-state index in [0.29, 0.717) is 6.42 Å². The standard InChI is InChI=1S/C8H17NO5S/c1-2-14-8(11)4-7-15(12,13)9-5-3-6-10/h9-10H,2-7H2,1H3. The van der Waals surface area contributed by atoms with Gasteiger partial charge in [0.2, 0.25) is 10.0 Å². The van der Waals surface area contributed by atoms with Gasteiger partial charge in [-0.05, 0) is 13.3 Å². The van der Waals surface area contributed by atoms with E-state index in [0.717, 1.165) is 0 Å². The van der Waals surface area contributed by atoms with Gasteiger partial charge in [0.1, 0.15) is 0 Å². The SMILES string of the molecule is CCOC(=O)CCS(=O)(=O)NCCCO. The Morgan fingerprint density at radius 1 is 1.47 bits per heavy atom. The predicted octanol–water partition coefficient (Wildman–Crippen LogP) is -0.759. The molecule has 6 nitrogen and oxygen atoms in total. The van der Waals surface area contributed by atoms with Gasteiger partial charge in [0, 0.05) is 13.2 Å². The fourth-order valence-electron chi connectivity index (χ4n) is 0.830. The van der Waals surface area contributed by atoms with E-state index in [1.54, 1.807) is 6.92 Å². The second-order valence-electron chi connectivity index (χ2n) is 2.85. The number of aliphatic hydroxyl groups excluding tert-OH is 1. The van der Waals surface area contributed by atoms with Crippen LogP contribution in [-0.4, -0.2) is 45.0 Å². The van der Waals surface area contributed by atoms with Crippen LogP contribution >= 0.6 is 0 Å². The summed E-state index contributed by atoms with van der Waals surface area (Å²) in [4.78, 5) is 10.9. The first-order valence-electron chi connectivity index (χ1n) is 4.75. The summed E-state index contributed by atoms with van der Waals surface area (Å²) in [5.74, 6) is -0.804. The number of carbonyl (C=O) groups excluding carboxylic acids is 1. The summed E-state index contributed by atoms with van der Waals surface area (Å²) in [5, 5.41) is 8.44. The first kappa shape index (κ1) is 14.3. The lowest BCUT2D eigenvalue weighted by atomic mass is 10.5. The third-order valence-electron chi connectivity index (χ3n) is 1.54. The summed E-state index contributed by atoms with van der Waals surface area (Å²) in [7, 11) is -3.43. The summed E-state index contributed by atoms with van der Waals surface area (Å²) in [6, 6.07) is 0. The Balaban J connectivity index is 3.78. The van der Waals surface area contributed by atoms with Gasteiger partial charge in [0.05, 0.1) is 18.8 Å². The number of hydrogen-bond donors (Lipinski definition) is 2. The molecule has 90 valence electrons. The van der Waals surface area contributed by atoms with Gasteiger partial charge < -0.3 is 9.84 Å². The van der Waals surface area contributed by atoms with Gasteiger partial charge in [-0.25, -0.2) is 13.1 Å². The Bertz CT molecular complexity index is 275. The zero-order chi connectivity index (χ0) is 11.7. The monoisotopic (exact) mass is 239 g/mol. The molecule has 0 aliphatic carbocycles. The van der Waals surface area contributed by atoms with Gasteiger partial charge in [-0.3, -0.25) is 4.79 Å². The molecule has 0 unspecified atom stereocenters. The normalized spacial score (nSPS) is 11.3. The van der Waals surface area contributed by atoms with Crippen LogP contribution < -0.4 is 4.72 Å². The molecule has 0 aromatic rings. The lowest BCUT2D eigenvalue weighted by Crippen LogP contribution is -2.29. The first-order chi connectivity index (χ1) is 7.02. The number of nitrogens with one attached hydrogen (secondary N) is 1. The van der Waals surface area contributed by atoms with E-state index in [4.69, 9.17) is 5.11 Å². The van der Waals surface area contributed by atoms with E-state index >= 15 is 0 Å². The molecule has 2 N–H and O–H groups in total. The molecule has 0 fully saturated rings. The Labute approximate surface area is 89.7 Å². The topological polar surface area (TPSA) is 92.7 Å². The Morgan fingerprint density at radius 2 is 2.13 bits per heavy atom. The minimum absolute atomic E-state index is 0.0691. The van der Waals surface area contributed by atoms with Crippen LogP contribution in [-0.2, 0) is 19.6 Å². The van der Waals surface area contributed by atoms with Gasteiger partial charge in [0.25, 0.3) is 0 Å². The third-order valence-corrected chi connectivity index (χ3v) is 2.92. The molecular weight excluding hydrogens is 222 g/mol. The lowest BCUT2D eigenvalue weighted by Gasteiger charge is -2.05. The van der Waals surface area contributed by atoms with Gasteiger partial charge in [0.15, 0.2) is 0 Å². The minimum atomic E-state index is -3.43. The molecule has 0 rings (SSSR count). The van der Waals surface area contributed by atoms with E-state index < -0.39 is 16.0 Å². The summed E-state index contributed by atoms with van der Waals surface area (Å²) in [6.07, 6.45) is 0.209. The van der Waals surface area contributed by atoms with Crippen LogP contribution in [0.15, 0.2) is 0 Å². The third kappa shape index (κ3) is 8.34. The van der Waals surface area contributed by atoms with Crippen LogP contribution in [0.25, 0.3) is 0 Å². The molecule has 0 amide bonds. The molecule has 0 heterocycles. The molecular formula is C8H17NO5S. The van der Waals surface area contributed by atoms with Gasteiger partial charge in [-0.2, -0.15) is 0 Å². The number of rotatable bonds is 8. The number of hydrogen-bond acceptors (Lipinski definition) is 5. The number of carbonyl (C=O) groups is 1. The van der Waals surface area contributed by atoms with Crippen molar-refractivity contribution in [3.05, 3.63) is 0 Å². The highest BCUT2D eigenvalue weighted by atomic mass is 32.2. The maximum absolute atomic E-state index is 11.2. The average Bonchev–Trinajstić information content (AvgIpc) is 2.16. The summed E-state index contributed by atoms with van der Waals surface area (Å²) < 4.78 is 29.3. The van der Waals surface area contributed by atoms with Gasteiger partial charge >= 0.3 is 5.97 Å². The molecule has 0 aromatic heterocycles. The van der Waals surface area contributed by atoms with E-state index in [-0.39, 0.29) is 31.9 Å². The minimum Gasteiger partial charge on any atom is -0.466 e. The highest BCUT2D eigenvalue weighted by Crippen LogP contribution is 1.93. The Kier molecular flexibility index (Phi) is 7.27. The van der Waals surface area contributed by atoms with E-state index in [2.05, 4.69) is 9.46 Å². The van der Waals surface area contributed by atoms with Crippen molar-refractivity contribution >= 4 is 16.0 Å². The highest BCUT2D eigenvalue weighted by molar-refractivity contribution is 7.89. The molecule has 0 atom stereocenters. The molecule has 0 saturated carbocycles. The smallest absolute Gasteiger partial charge is 0.306 e.